The molecule has 1 amide bonds. The van der Waals surface area contributed by atoms with Gasteiger partial charge in [0.2, 0.25) is 0 Å². The van der Waals surface area contributed by atoms with Gasteiger partial charge in [-0.2, -0.15) is 13.2 Å². The normalized spacial score (nSPS) is 16.0. The van der Waals surface area contributed by atoms with Crippen LogP contribution in [0.3, 0.4) is 0 Å². The number of carbonyl (C=O) groups excluding carboxylic acids is 1. The van der Waals surface area contributed by atoms with Crippen molar-refractivity contribution in [1.82, 2.24) is 14.6 Å². The van der Waals surface area contributed by atoms with Gasteiger partial charge in [0.05, 0.1) is 35.8 Å². The summed E-state index contributed by atoms with van der Waals surface area (Å²) in [6, 6.07) is 7.38. The molecule has 0 spiro atoms. The van der Waals surface area contributed by atoms with Crippen LogP contribution < -0.4 is 10.7 Å². The molecule has 12 heteroatoms. The van der Waals surface area contributed by atoms with E-state index in [0.717, 1.165) is 11.8 Å². The third-order valence-electron chi connectivity index (χ3n) is 5.49. The molecule has 9 nitrogen and oxygen atoms in total. The fraction of sp³-hybridized carbons (Fsp3) is 0.292. The molecule has 0 radical (unpaired) electrons. The van der Waals surface area contributed by atoms with Gasteiger partial charge in [-0.25, -0.2) is 9.66 Å². The van der Waals surface area contributed by atoms with Crippen LogP contribution in [0, 0.1) is 13.8 Å². The molecule has 0 bridgehead atoms. The standard InChI is InChI=1S/C24H24F3N5O4/c1-13-7-8-15(10-28-13)30-23(35)21-14(2)29-22-20(36-12-16(34)11-33)9-19(31-32(21)22)17-5-3-4-6-18(17)24(25,26)27/h3-10,16,19,31,33-34H,11-12H2,1-2H3,(H,30,35)/t16-,19?/m1/s1. The Bertz CT molecular complexity index is 1290. The molecule has 3 heterocycles. The van der Waals surface area contributed by atoms with Crippen molar-refractivity contribution in [3.05, 3.63) is 82.7 Å². The molecule has 3 aromatic rings. The maximum atomic E-state index is 13.7. The first-order valence-corrected chi connectivity index (χ1v) is 11.0. The average molecular weight is 503 g/mol. The third kappa shape index (κ3) is 5.19. The highest BCUT2D eigenvalue weighted by Crippen LogP contribution is 2.38. The fourth-order valence-corrected chi connectivity index (χ4v) is 3.76. The second-order valence-electron chi connectivity index (χ2n) is 8.22. The lowest BCUT2D eigenvalue weighted by molar-refractivity contribution is -0.138. The quantitative estimate of drug-likeness (QED) is 0.391. The zero-order valence-corrected chi connectivity index (χ0v) is 19.4. The zero-order valence-electron chi connectivity index (χ0n) is 19.4. The van der Waals surface area contributed by atoms with Crippen molar-refractivity contribution < 1.29 is 32.9 Å². The summed E-state index contributed by atoms with van der Waals surface area (Å²) in [5.74, 6) is -0.392. The first-order valence-electron chi connectivity index (χ1n) is 11.0. The smallest absolute Gasteiger partial charge is 0.416 e. The second-order valence-corrected chi connectivity index (χ2v) is 8.22. The number of hydrogen-bond acceptors (Lipinski definition) is 7. The number of imidazole rings is 1. The number of alkyl halides is 3. The lowest BCUT2D eigenvalue weighted by Crippen LogP contribution is -2.32. The van der Waals surface area contributed by atoms with E-state index < -0.39 is 36.4 Å². The molecule has 1 unspecified atom stereocenters. The van der Waals surface area contributed by atoms with Gasteiger partial charge in [0, 0.05) is 5.69 Å². The van der Waals surface area contributed by atoms with Gasteiger partial charge in [0.15, 0.2) is 17.3 Å². The van der Waals surface area contributed by atoms with Crippen LogP contribution in [0.2, 0.25) is 0 Å². The van der Waals surface area contributed by atoms with Gasteiger partial charge in [-0.3, -0.25) is 9.78 Å². The van der Waals surface area contributed by atoms with Gasteiger partial charge in [0.25, 0.3) is 5.91 Å². The van der Waals surface area contributed by atoms with Crippen molar-refractivity contribution in [1.29, 1.82) is 0 Å². The Morgan fingerprint density at radius 1 is 1.25 bits per heavy atom. The number of aromatic nitrogens is 3. The lowest BCUT2D eigenvalue weighted by Gasteiger charge is -2.28. The Morgan fingerprint density at radius 3 is 2.67 bits per heavy atom. The number of benzene rings is 1. The Kier molecular flexibility index (Phi) is 7.00. The number of fused-ring (bicyclic) bond motifs is 1. The molecule has 1 aliphatic rings. The number of nitrogens with zero attached hydrogens (tertiary/aromatic N) is 3. The van der Waals surface area contributed by atoms with Crippen molar-refractivity contribution in [2.45, 2.75) is 32.2 Å². The predicted molar refractivity (Wildman–Crippen MR) is 124 cm³/mol. The van der Waals surface area contributed by atoms with Crippen molar-refractivity contribution >= 4 is 17.4 Å². The Hall–Kier alpha value is -3.90. The molecule has 0 saturated heterocycles. The molecule has 0 saturated carbocycles. The molecular weight excluding hydrogens is 479 g/mol. The Morgan fingerprint density at radius 2 is 2.00 bits per heavy atom. The maximum absolute atomic E-state index is 13.7. The van der Waals surface area contributed by atoms with Crippen LogP contribution in [-0.4, -0.2) is 50.1 Å². The van der Waals surface area contributed by atoms with Crippen molar-refractivity contribution in [2.75, 3.05) is 24.0 Å². The molecule has 1 aromatic carbocycles. The molecule has 36 heavy (non-hydrogen) atoms. The molecule has 4 N–H and O–H groups in total. The van der Waals surface area contributed by atoms with E-state index in [1.807, 2.05) is 0 Å². The molecule has 4 rings (SSSR count). The van der Waals surface area contributed by atoms with Crippen LogP contribution in [0.1, 0.15) is 44.9 Å². The number of ether oxygens (including phenoxy) is 1. The van der Waals surface area contributed by atoms with E-state index in [1.54, 1.807) is 26.0 Å². The van der Waals surface area contributed by atoms with Gasteiger partial charge in [0.1, 0.15) is 12.7 Å². The van der Waals surface area contributed by atoms with Crippen molar-refractivity contribution in [2.24, 2.45) is 0 Å². The zero-order chi connectivity index (χ0) is 26.0. The van der Waals surface area contributed by atoms with Crippen LogP contribution in [0.4, 0.5) is 18.9 Å². The highest BCUT2D eigenvalue weighted by Gasteiger charge is 2.37. The van der Waals surface area contributed by atoms with E-state index in [1.165, 1.54) is 35.1 Å². The highest BCUT2D eigenvalue weighted by molar-refractivity contribution is 6.04. The van der Waals surface area contributed by atoms with Crippen LogP contribution in [-0.2, 0) is 10.9 Å². The lowest BCUT2D eigenvalue weighted by atomic mass is 9.99. The number of rotatable bonds is 7. The Labute approximate surface area is 204 Å². The highest BCUT2D eigenvalue weighted by atomic mass is 19.4. The number of nitrogens with one attached hydrogen (secondary N) is 2. The number of aliphatic hydroxyl groups is 2. The fourth-order valence-electron chi connectivity index (χ4n) is 3.76. The Balaban J connectivity index is 1.76. The molecular formula is C24H24F3N5O4. The summed E-state index contributed by atoms with van der Waals surface area (Å²) < 4.78 is 48.1. The van der Waals surface area contributed by atoms with E-state index in [9.17, 15) is 23.1 Å². The van der Waals surface area contributed by atoms with Gasteiger partial charge in [-0.05, 0) is 43.7 Å². The molecule has 190 valence electrons. The van der Waals surface area contributed by atoms with E-state index in [-0.39, 0.29) is 35.1 Å². The number of aliphatic hydroxyl groups excluding tert-OH is 2. The van der Waals surface area contributed by atoms with Crippen LogP contribution in [0.15, 0.2) is 48.7 Å². The van der Waals surface area contributed by atoms with Gasteiger partial charge in [-0.1, -0.05) is 18.2 Å². The minimum atomic E-state index is -4.62. The summed E-state index contributed by atoms with van der Waals surface area (Å²) in [5, 5.41) is 21.6. The SMILES string of the molecule is Cc1ccc(NC(=O)c2c(C)nc3n2NC(c2ccccc2C(F)(F)F)C=C3OC[C@H](O)CO)cn1. The van der Waals surface area contributed by atoms with Gasteiger partial charge < -0.3 is 25.7 Å². The largest absolute Gasteiger partial charge is 0.487 e. The topological polar surface area (TPSA) is 122 Å². The number of anilines is 1. The third-order valence-corrected chi connectivity index (χ3v) is 5.49. The van der Waals surface area contributed by atoms with Crippen LogP contribution >= 0.6 is 0 Å². The van der Waals surface area contributed by atoms with E-state index in [0.29, 0.717) is 5.69 Å². The van der Waals surface area contributed by atoms with E-state index in [4.69, 9.17) is 9.84 Å². The summed E-state index contributed by atoms with van der Waals surface area (Å²) in [4.78, 5) is 21.7. The molecule has 2 aromatic heterocycles. The molecule has 0 fully saturated rings. The summed E-state index contributed by atoms with van der Waals surface area (Å²) >= 11 is 0. The van der Waals surface area contributed by atoms with Gasteiger partial charge >= 0.3 is 6.18 Å². The van der Waals surface area contributed by atoms with E-state index in [2.05, 4.69) is 20.7 Å². The molecule has 1 aliphatic heterocycles. The first kappa shape index (κ1) is 25.2. The predicted octanol–water partition coefficient (Wildman–Crippen LogP) is 3.18. The number of amides is 1. The van der Waals surface area contributed by atoms with Gasteiger partial charge in [-0.15, -0.1) is 0 Å². The summed E-state index contributed by atoms with van der Waals surface area (Å²) in [6.07, 6.45) is -2.97. The minimum absolute atomic E-state index is 0.0439. The number of aryl methyl sites for hydroxylation is 2. The number of carbonyl (C=O) groups is 1. The van der Waals surface area contributed by atoms with Crippen molar-refractivity contribution in [3.63, 3.8) is 0 Å². The molecule has 2 atom stereocenters. The van der Waals surface area contributed by atoms with Crippen LogP contribution in [0.5, 0.6) is 0 Å². The summed E-state index contributed by atoms with van der Waals surface area (Å²) in [7, 11) is 0. The van der Waals surface area contributed by atoms with E-state index >= 15 is 0 Å². The first-order chi connectivity index (χ1) is 17.1. The number of pyridine rings is 1. The minimum Gasteiger partial charge on any atom is -0.487 e. The monoisotopic (exact) mass is 503 g/mol. The number of hydrogen-bond donors (Lipinski definition) is 4. The van der Waals surface area contributed by atoms with Crippen molar-refractivity contribution in [3.8, 4) is 0 Å². The average Bonchev–Trinajstić information content (AvgIpc) is 3.19. The summed E-state index contributed by atoms with van der Waals surface area (Å²) in [5.41, 5.74) is 3.50. The second kappa shape index (κ2) is 9.99. The van der Waals surface area contributed by atoms with Crippen LogP contribution in [0.25, 0.3) is 5.76 Å². The maximum Gasteiger partial charge on any atom is 0.416 e. The number of halogens is 3. The summed E-state index contributed by atoms with van der Waals surface area (Å²) in [6.45, 7) is 2.47. The molecule has 0 aliphatic carbocycles.